The third kappa shape index (κ3) is 2.33. The minimum Gasteiger partial charge on any atom is -0.290 e. The van der Waals surface area contributed by atoms with Crippen LogP contribution in [0.5, 0.6) is 0 Å². The summed E-state index contributed by atoms with van der Waals surface area (Å²) in [6, 6.07) is 9.27. The van der Waals surface area contributed by atoms with Crippen LogP contribution in [0.4, 0.5) is 0 Å². The van der Waals surface area contributed by atoms with E-state index < -0.39 is 0 Å². The predicted molar refractivity (Wildman–Crippen MR) is 85.0 cm³/mol. The molecule has 2 heterocycles. The van der Waals surface area contributed by atoms with Gasteiger partial charge < -0.3 is 0 Å². The lowest BCUT2D eigenvalue weighted by Gasteiger charge is -2.08. The molecular weight excluding hydrogens is 278 g/mol. The van der Waals surface area contributed by atoms with Gasteiger partial charge in [-0.1, -0.05) is 18.2 Å². The van der Waals surface area contributed by atoms with Crippen LogP contribution in [0.1, 0.15) is 23.0 Å². The fourth-order valence-corrected chi connectivity index (χ4v) is 2.51. The Morgan fingerprint density at radius 1 is 1.36 bits per heavy atom. The first kappa shape index (κ1) is 14.2. The van der Waals surface area contributed by atoms with Crippen LogP contribution in [0.2, 0.25) is 0 Å². The largest absolute Gasteiger partial charge is 0.290 e. The fraction of sp³-hybridized carbons (Fsp3) is 0.188. The monoisotopic (exact) mass is 295 g/mol. The highest BCUT2D eigenvalue weighted by Crippen LogP contribution is 2.26. The van der Waals surface area contributed by atoms with Crippen molar-refractivity contribution in [1.82, 2.24) is 20.2 Å². The summed E-state index contributed by atoms with van der Waals surface area (Å²) in [5, 5.41) is 5.20. The first-order valence-corrected chi connectivity index (χ1v) is 7.09. The standard InChI is InChI=1S/C16H17N5O/c1-3-21-9-13(10(2)20-21)15-8-12(16(22)19-17)11-6-4-5-7-14(11)18-15/h4-9H,3,17H2,1-2H3,(H,19,22). The van der Waals surface area contributed by atoms with Gasteiger partial charge in [-0.2, -0.15) is 5.10 Å². The maximum atomic E-state index is 12.1. The lowest BCUT2D eigenvalue weighted by atomic mass is 10.0. The normalized spacial score (nSPS) is 10.9. The molecule has 0 atom stereocenters. The second-order valence-electron chi connectivity index (χ2n) is 5.03. The van der Waals surface area contributed by atoms with E-state index in [4.69, 9.17) is 5.84 Å². The van der Waals surface area contributed by atoms with Gasteiger partial charge in [-0.05, 0) is 26.0 Å². The zero-order valence-electron chi connectivity index (χ0n) is 12.5. The molecule has 112 valence electrons. The van der Waals surface area contributed by atoms with E-state index in [9.17, 15) is 4.79 Å². The molecule has 6 nitrogen and oxygen atoms in total. The van der Waals surface area contributed by atoms with Crippen molar-refractivity contribution in [3.05, 3.63) is 47.8 Å². The topological polar surface area (TPSA) is 85.8 Å². The minimum absolute atomic E-state index is 0.333. The minimum atomic E-state index is -0.333. The molecule has 0 fully saturated rings. The molecule has 0 radical (unpaired) electrons. The number of nitrogen functional groups attached to an aromatic ring is 1. The number of nitrogens with one attached hydrogen (secondary N) is 1. The molecule has 0 spiro atoms. The van der Waals surface area contributed by atoms with E-state index in [-0.39, 0.29) is 5.91 Å². The quantitative estimate of drug-likeness (QED) is 0.440. The summed E-state index contributed by atoms with van der Waals surface area (Å²) < 4.78 is 1.85. The number of benzene rings is 1. The van der Waals surface area contributed by atoms with Gasteiger partial charge in [0.25, 0.3) is 5.91 Å². The zero-order chi connectivity index (χ0) is 15.7. The summed E-state index contributed by atoms with van der Waals surface area (Å²) in [7, 11) is 0. The van der Waals surface area contributed by atoms with Gasteiger partial charge in [-0.25, -0.2) is 10.8 Å². The summed E-state index contributed by atoms with van der Waals surface area (Å²) in [5.41, 5.74) is 5.96. The second kappa shape index (κ2) is 5.57. The van der Waals surface area contributed by atoms with Gasteiger partial charge in [0.2, 0.25) is 0 Å². The van der Waals surface area contributed by atoms with Crippen LogP contribution in [0.25, 0.3) is 22.2 Å². The summed E-state index contributed by atoms with van der Waals surface area (Å²) in [6.07, 6.45) is 1.94. The molecular formula is C16H17N5O. The van der Waals surface area contributed by atoms with Crippen molar-refractivity contribution in [2.24, 2.45) is 5.84 Å². The van der Waals surface area contributed by atoms with E-state index in [0.717, 1.165) is 34.4 Å². The zero-order valence-corrected chi connectivity index (χ0v) is 12.5. The lowest BCUT2D eigenvalue weighted by Crippen LogP contribution is -2.30. The van der Waals surface area contributed by atoms with Crippen molar-refractivity contribution >= 4 is 16.8 Å². The summed E-state index contributed by atoms with van der Waals surface area (Å²) in [5.74, 6) is 4.97. The number of carbonyl (C=O) groups is 1. The Hall–Kier alpha value is -2.73. The van der Waals surface area contributed by atoms with Gasteiger partial charge in [0.05, 0.1) is 22.5 Å². The summed E-state index contributed by atoms with van der Waals surface area (Å²) in [6.45, 7) is 4.74. The number of nitrogens with zero attached hydrogens (tertiary/aromatic N) is 3. The molecule has 3 N–H and O–H groups in total. The van der Waals surface area contributed by atoms with Crippen molar-refractivity contribution in [2.75, 3.05) is 0 Å². The molecule has 0 bridgehead atoms. The van der Waals surface area contributed by atoms with Gasteiger partial charge in [0, 0.05) is 23.7 Å². The molecule has 22 heavy (non-hydrogen) atoms. The first-order valence-electron chi connectivity index (χ1n) is 7.09. The number of carbonyl (C=O) groups excluding carboxylic acids is 1. The number of aromatic nitrogens is 3. The number of rotatable bonds is 3. The van der Waals surface area contributed by atoms with Crippen molar-refractivity contribution in [3.8, 4) is 11.3 Å². The number of fused-ring (bicyclic) bond motifs is 1. The highest BCUT2D eigenvalue weighted by molar-refractivity contribution is 6.07. The average Bonchev–Trinajstić information content (AvgIpc) is 2.94. The van der Waals surface area contributed by atoms with E-state index in [0.29, 0.717) is 5.56 Å². The Balaban J connectivity index is 2.26. The molecule has 0 unspecified atom stereocenters. The van der Waals surface area contributed by atoms with Crippen LogP contribution in [0, 0.1) is 6.92 Å². The highest BCUT2D eigenvalue weighted by Gasteiger charge is 2.15. The average molecular weight is 295 g/mol. The molecule has 0 saturated heterocycles. The Labute approximate surface area is 127 Å². The van der Waals surface area contributed by atoms with Crippen molar-refractivity contribution < 1.29 is 4.79 Å². The molecule has 0 saturated carbocycles. The third-order valence-corrected chi connectivity index (χ3v) is 3.64. The maximum Gasteiger partial charge on any atom is 0.265 e. The van der Waals surface area contributed by atoms with Crippen LogP contribution < -0.4 is 11.3 Å². The number of pyridine rings is 1. The Kier molecular flexibility index (Phi) is 3.60. The van der Waals surface area contributed by atoms with E-state index in [2.05, 4.69) is 15.5 Å². The number of hydrogen-bond donors (Lipinski definition) is 2. The maximum absolute atomic E-state index is 12.1. The number of hydrogen-bond acceptors (Lipinski definition) is 4. The highest BCUT2D eigenvalue weighted by atomic mass is 16.2. The Morgan fingerprint density at radius 2 is 2.14 bits per heavy atom. The summed E-state index contributed by atoms with van der Waals surface area (Å²) in [4.78, 5) is 16.7. The van der Waals surface area contributed by atoms with Crippen LogP contribution in [-0.4, -0.2) is 20.7 Å². The molecule has 3 aromatic rings. The Bertz CT molecular complexity index is 853. The SMILES string of the molecule is CCn1cc(-c2cc(C(=O)NN)c3ccccc3n2)c(C)n1. The smallest absolute Gasteiger partial charge is 0.265 e. The fourth-order valence-electron chi connectivity index (χ4n) is 2.51. The Morgan fingerprint density at radius 3 is 2.82 bits per heavy atom. The van der Waals surface area contributed by atoms with Gasteiger partial charge >= 0.3 is 0 Å². The van der Waals surface area contributed by atoms with E-state index in [1.54, 1.807) is 6.07 Å². The van der Waals surface area contributed by atoms with E-state index >= 15 is 0 Å². The molecule has 0 aliphatic rings. The van der Waals surface area contributed by atoms with Gasteiger partial charge in [-0.3, -0.25) is 14.9 Å². The van der Waals surface area contributed by atoms with E-state index in [1.807, 2.05) is 49.0 Å². The number of nitrogens with two attached hydrogens (primary N) is 1. The molecule has 2 aromatic heterocycles. The van der Waals surface area contributed by atoms with Crippen molar-refractivity contribution in [2.45, 2.75) is 20.4 Å². The number of para-hydroxylation sites is 1. The third-order valence-electron chi connectivity index (χ3n) is 3.64. The van der Waals surface area contributed by atoms with Gasteiger partial charge in [-0.15, -0.1) is 0 Å². The second-order valence-corrected chi connectivity index (χ2v) is 5.03. The van der Waals surface area contributed by atoms with Crippen LogP contribution in [0.3, 0.4) is 0 Å². The lowest BCUT2D eigenvalue weighted by molar-refractivity contribution is 0.0955. The predicted octanol–water partition coefficient (Wildman–Crippen LogP) is 2.03. The molecule has 3 rings (SSSR count). The van der Waals surface area contributed by atoms with Crippen LogP contribution >= 0.6 is 0 Å². The van der Waals surface area contributed by atoms with Gasteiger partial charge in [0.15, 0.2) is 0 Å². The van der Waals surface area contributed by atoms with Gasteiger partial charge in [0.1, 0.15) is 0 Å². The van der Waals surface area contributed by atoms with Crippen LogP contribution in [0.15, 0.2) is 36.5 Å². The number of hydrazine groups is 1. The molecule has 0 aliphatic carbocycles. The molecule has 1 aromatic carbocycles. The molecule has 0 aliphatic heterocycles. The molecule has 1 amide bonds. The summed E-state index contributed by atoms with van der Waals surface area (Å²) >= 11 is 0. The molecule has 6 heteroatoms. The number of amides is 1. The van der Waals surface area contributed by atoms with Crippen molar-refractivity contribution in [1.29, 1.82) is 0 Å². The number of aryl methyl sites for hydroxylation is 2. The first-order chi connectivity index (χ1) is 10.6. The van der Waals surface area contributed by atoms with Crippen LogP contribution in [-0.2, 0) is 6.54 Å². The van der Waals surface area contributed by atoms with E-state index in [1.165, 1.54) is 0 Å². The van der Waals surface area contributed by atoms with Crippen molar-refractivity contribution in [3.63, 3.8) is 0 Å².